The second kappa shape index (κ2) is 8.41. The Hall–Kier alpha value is -3.75. The molecule has 0 bridgehead atoms. The van der Waals surface area contributed by atoms with E-state index in [1.165, 1.54) is 4.90 Å². The Morgan fingerprint density at radius 3 is 2.09 bits per heavy atom. The van der Waals surface area contributed by atoms with E-state index in [0.29, 0.717) is 5.95 Å². The monoisotopic (exact) mass is 434 g/mol. The SMILES string of the molecule is C[C@H]1[C@H](NC(=O)OC(C)(C)C)C(=O)N1c1nnnn1C(c1ccccc1)c1ccccc1. The van der Waals surface area contributed by atoms with E-state index in [4.69, 9.17) is 4.74 Å². The summed E-state index contributed by atoms with van der Waals surface area (Å²) in [5.41, 5.74) is 1.32. The van der Waals surface area contributed by atoms with Gasteiger partial charge in [-0.15, -0.1) is 0 Å². The molecule has 9 nitrogen and oxygen atoms in total. The van der Waals surface area contributed by atoms with Crippen LogP contribution in [0.5, 0.6) is 0 Å². The summed E-state index contributed by atoms with van der Waals surface area (Å²) >= 11 is 0. The lowest BCUT2D eigenvalue weighted by atomic mass is 9.96. The highest BCUT2D eigenvalue weighted by atomic mass is 16.6. The molecule has 9 heteroatoms. The molecule has 0 saturated carbocycles. The van der Waals surface area contributed by atoms with Gasteiger partial charge in [0, 0.05) is 0 Å². The van der Waals surface area contributed by atoms with Crippen LogP contribution in [0.1, 0.15) is 44.9 Å². The van der Waals surface area contributed by atoms with E-state index in [-0.39, 0.29) is 18.0 Å². The predicted molar refractivity (Wildman–Crippen MR) is 118 cm³/mol. The molecule has 0 aliphatic carbocycles. The zero-order valence-electron chi connectivity index (χ0n) is 18.5. The van der Waals surface area contributed by atoms with Crippen molar-refractivity contribution in [3.8, 4) is 0 Å². The molecule has 2 heterocycles. The molecule has 0 spiro atoms. The van der Waals surface area contributed by atoms with E-state index in [2.05, 4.69) is 20.8 Å². The molecule has 2 amide bonds. The summed E-state index contributed by atoms with van der Waals surface area (Å²) in [7, 11) is 0. The summed E-state index contributed by atoms with van der Waals surface area (Å²) in [5.74, 6) is 0.0294. The number of ether oxygens (including phenoxy) is 1. The van der Waals surface area contributed by atoms with Gasteiger partial charge in [0.25, 0.3) is 11.9 Å². The molecule has 0 radical (unpaired) electrons. The van der Waals surface area contributed by atoms with Gasteiger partial charge in [-0.1, -0.05) is 65.8 Å². The minimum atomic E-state index is -0.707. The van der Waals surface area contributed by atoms with Crippen LogP contribution in [-0.4, -0.2) is 49.9 Å². The van der Waals surface area contributed by atoms with Crippen LogP contribution in [0.25, 0.3) is 0 Å². The van der Waals surface area contributed by atoms with Crippen LogP contribution in [0, 0.1) is 0 Å². The molecule has 1 saturated heterocycles. The smallest absolute Gasteiger partial charge is 0.408 e. The number of aromatic nitrogens is 4. The summed E-state index contributed by atoms with van der Waals surface area (Å²) in [6.45, 7) is 7.15. The van der Waals surface area contributed by atoms with Gasteiger partial charge in [-0.2, -0.15) is 4.68 Å². The number of β-lactam (4-membered cyclic amide) rings is 1. The minimum absolute atomic E-state index is 0.292. The van der Waals surface area contributed by atoms with Gasteiger partial charge < -0.3 is 10.1 Å². The summed E-state index contributed by atoms with van der Waals surface area (Å²) < 4.78 is 6.92. The largest absolute Gasteiger partial charge is 0.444 e. The number of nitrogens with one attached hydrogen (secondary N) is 1. The number of alkyl carbamates (subject to hydrolysis) is 1. The highest BCUT2D eigenvalue weighted by Gasteiger charge is 2.49. The molecule has 32 heavy (non-hydrogen) atoms. The van der Waals surface area contributed by atoms with Gasteiger partial charge in [-0.3, -0.25) is 9.69 Å². The fourth-order valence-electron chi connectivity index (χ4n) is 3.78. The molecular weight excluding hydrogens is 408 g/mol. The molecular formula is C23H26N6O3. The number of anilines is 1. The zero-order chi connectivity index (χ0) is 22.9. The summed E-state index contributed by atoms with van der Waals surface area (Å²) in [6.07, 6.45) is -0.631. The molecule has 4 rings (SSSR count). The highest BCUT2D eigenvalue weighted by molar-refractivity contribution is 6.05. The molecule has 0 unspecified atom stereocenters. The van der Waals surface area contributed by atoms with Crippen molar-refractivity contribution in [1.29, 1.82) is 0 Å². The molecule has 1 N–H and O–H groups in total. The van der Waals surface area contributed by atoms with Crippen molar-refractivity contribution in [2.24, 2.45) is 0 Å². The van der Waals surface area contributed by atoms with Crippen LogP contribution in [0.4, 0.5) is 10.7 Å². The Balaban J connectivity index is 1.62. The maximum absolute atomic E-state index is 13.0. The minimum Gasteiger partial charge on any atom is -0.444 e. The Labute approximate surface area is 186 Å². The summed E-state index contributed by atoms with van der Waals surface area (Å²) in [5, 5.41) is 14.9. The number of carbonyl (C=O) groups excluding carboxylic acids is 2. The zero-order valence-corrected chi connectivity index (χ0v) is 18.5. The first-order chi connectivity index (χ1) is 15.3. The maximum atomic E-state index is 13.0. The molecule has 166 valence electrons. The van der Waals surface area contributed by atoms with Crippen molar-refractivity contribution in [2.75, 3.05) is 4.90 Å². The van der Waals surface area contributed by atoms with Crippen LogP contribution in [-0.2, 0) is 9.53 Å². The van der Waals surface area contributed by atoms with Gasteiger partial charge in [-0.05, 0) is 49.2 Å². The number of hydrogen-bond acceptors (Lipinski definition) is 6. The number of nitrogens with zero attached hydrogens (tertiary/aromatic N) is 5. The number of carbonyl (C=O) groups is 2. The summed E-state index contributed by atoms with van der Waals surface area (Å²) in [6, 6.07) is 18.3. The third-order valence-corrected chi connectivity index (χ3v) is 5.23. The van der Waals surface area contributed by atoms with Gasteiger partial charge in [0.15, 0.2) is 0 Å². The van der Waals surface area contributed by atoms with Crippen molar-refractivity contribution in [1.82, 2.24) is 25.5 Å². The molecule has 1 fully saturated rings. The van der Waals surface area contributed by atoms with Crippen LogP contribution in [0.3, 0.4) is 0 Å². The maximum Gasteiger partial charge on any atom is 0.408 e. The fraction of sp³-hybridized carbons (Fsp3) is 0.348. The standard InChI is InChI=1S/C23H26N6O3/c1-15-18(24-22(31)32-23(2,3)4)20(30)28(15)21-25-26-27-29(21)19(16-11-7-5-8-12-16)17-13-9-6-10-14-17/h5-15,18-19H,1-4H3,(H,24,31)/t15-,18-/m0/s1. The quantitative estimate of drug-likeness (QED) is 0.620. The first-order valence-corrected chi connectivity index (χ1v) is 10.5. The van der Waals surface area contributed by atoms with Crippen molar-refractivity contribution in [2.45, 2.75) is 51.4 Å². The average molecular weight is 435 g/mol. The highest BCUT2D eigenvalue weighted by Crippen LogP contribution is 2.33. The number of amides is 2. The van der Waals surface area contributed by atoms with E-state index >= 15 is 0 Å². The Bertz CT molecular complexity index is 1050. The first kappa shape index (κ1) is 21.5. The van der Waals surface area contributed by atoms with Gasteiger partial charge >= 0.3 is 6.09 Å². The predicted octanol–water partition coefficient (Wildman–Crippen LogP) is 2.94. The second-order valence-corrected chi connectivity index (χ2v) is 8.72. The molecule has 2 atom stereocenters. The molecule has 2 aromatic carbocycles. The normalized spacial score (nSPS) is 18.4. The van der Waals surface area contributed by atoms with Crippen molar-refractivity contribution >= 4 is 17.9 Å². The summed E-state index contributed by atoms with van der Waals surface area (Å²) in [4.78, 5) is 26.6. The van der Waals surface area contributed by atoms with E-state index in [9.17, 15) is 9.59 Å². The molecule has 3 aromatic rings. The first-order valence-electron chi connectivity index (χ1n) is 10.5. The molecule has 1 aromatic heterocycles. The van der Waals surface area contributed by atoms with Crippen LogP contribution < -0.4 is 10.2 Å². The second-order valence-electron chi connectivity index (χ2n) is 8.72. The van der Waals surface area contributed by atoms with Crippen LogP contribution in [0.2, 0.25) is 0 Å². The van der Waals surface area contributed by atoms with Gasteiger partial charge in [0.05, 0.1) is 6.04 Å². The Morgan fingerprint density at radius 2 is 1.59 bits per heavy atom. The van der Waals surface area contributed by atoms with Gasteiger partial charge in [0.2, 0.25) is 0 Å². The average Bonchev–Trinajstić information content (AvgIpc) is 3.21. The lowest BCUT2D eigenvalue weighted by Crippen LogP contribution is -2.70. The van der Waals surface area contributed by atoms with E-state index in [1.807, 2.05) is 67.6 Å². The number of tetrazole rings is 1. The Morgan fingerprint density at radius 1 is 1.03 bits per heavy atom. The van der Waals surface area contributed by atoms with E-state index < -0.39 is 17.7 Å². The van der Waals surface area contributed by atoms with Gasteiger partial charge in [-0.25, -0.2) is 4.79 Å². The molecule has 1 aliphatic rings. The number of hydrogen-bond donors (Lipinski definition) is 1. The van der Waals surface area contributed by atoms with Crippen LogP contribution in [0.15, 0.2) is 60.7 Å². The van der Waals surface area contributed by atoms with Crippen LogP contribution >= 0.6 is 0 Å². The number of rotatable bonds is 5. The lowest BCUT2D eigenvalue weighted by Gasteiger charge is -2.44. The third kappa shape index (κ3) is 4.18. The van der Waals surface area contributed by atoms with E-state index in [1.54, 1.807) is 25.5 Å². The number of benzene rings is 2. The van der Waals surface area contributed by atoms with Crippen molar-refractivity contribution < 1.29 is 14.3 Å². The van der Waals surface area contributed by atoms with Gasteiger partial charge in [0.1, 0.15) is 17.7 Å². The molecule has 1 aliphatic heterocycles. The lowest BCUT2D eigenvalue weighted by molar-refractivity contribution is -0.127. The van der Waals surface area contributed by atoms with E-state index in [0.717, 1.165) is 11.1 Å². The van der Waals surface area contributed by atoms with Crippen molar-refractivity contribution in [3.05, 3.63) is 71.8 Å². The third-order valence-electron chi connectivity index (χ3n) is 5.23. The topological polar surface area (TPSA) is 102 Å². The fourth-order valence-corrected chi connectivity index (χ4v) is 3.78. The van der Waals surface area contributed by atoms with Crippen molar-refractivity contribution in [3.63, 3.8) is 0 Å². The Kier molecular flexibility index (Phi) is 5.65.